The Balaban J connectivity index is 2.04. The number of aliphatic hydroxyl groups is 1. The van der Waals surface area contributed by atoms with Crippen LogP contribution in [0.25, 0.3) is 10.9 Å². The quantitative estimate of drug-likeness (QED) is 0.693. The summed E-state index contributed by atoms with van der Waals surface area (Å²) in [7, 11) is 0. The Hall–Kier alpha value is -1.84. The van der Waals surface area contributed by atoms with Crippen molar-refractivity contribution >= 4 is 22.5 Å². The first-order chi connectivity index (χ1) is 8.74. The molecule has 2 heterocycles. The Kier molecular flexibility index (Phi) is 2.78. The van der Waals surface area contributed by atoms with E-state index in [1.807, 2.05) is 36.4 Å². The fourth-order valence-electron chi connectivity index (χ4n) is 1.99. The van der Waals surface area contributed by atoms with Gasteiger partial charge in [-0.25, -0.2) is 4.98 Å². The number of aromatic nitrogens is 2. The summed E-state index contributed by atoms with van der Waals surface area (Å²) in [5.74, 6) is 0. The van der Waals surface area contributed by atoms with Crippen LogP contribution in [0.2, 0.25) is 5.15 Å². The van der Waals surface area contributed by atoms with Crippen molar-refractivity contribution in [2.45, 2.75) is 6.10 Å². The molecule has 0 unspecified atom stereocenters. The molecule has 0 amide bonds. The molecule has 0 fully saturated rings. The van der Waals surface area contributed by atoms with Crippen molar-refractivity contribution in [3.05, 3.63) is 65.1 Å². The van der Waals surface area contributed by atoms with Crippen molar-refractivity contribution in [1.82, 2.24) is 9.97 Å². The first-order valence-electron chi connectivity index (χ1n) is 5.61. The number of pyridine rings is 1. The van der Waals surface area contributed by atoms with Gasteiger partial charge in [0.25, 0.3) is 0 Å². The number of rotatable bonds is 2. The van der Waals surface area contributed by atoms with E-state index in [9.17, 15) is 5.11 Å². The Morgan fingerprint density at radius 2 is 1.94 bits per heavy atom. The molecular weight excluding hydrogens is 248 g/mol. The predicted molar refractivity (Wildman–Crippen MR) is 71.6 cm³/mol. The zero-order chi connectivity index (χ0) is 12.5. The van der Waals surface area contributed by atoms with Crippen LogP contribution in [0.5, 0.6) is 0 Å². The number of halogens is 1. The summed E-state index contributed by atoms with van der Waals surface area (Å²) in [6, 6.07) is 13.2. The minimum absolute atomic E-state index is 0.447. The third-order valence-electron chi connectivity index (χ3n) is 2.90. The molecule has 3 aromatic rings. The molecule has 0 aliphatic heterocycles. The van der Waals surface area contributed by atoms with Gasteiger partial charge in [-0.05, 0) is 17.7 Å². The van der Waals surface area contributed by atoms with Gasteiger partial charge in [0.05, 0.1) is 11.7 Å². The summed E-state index contributed by atoms with van der Waals surface area (Å²) < 4.78 is 0. The first-order valence-corrected chi connectivity index (χ1v) is 5.99. The van der Waals surface area contributed by atoms with Crippen molar-refractivity contribution in [2.75, 3.05) is 0 Å². The normalized spacial score (nSPS) is 12.8. The number of nitrogens with one attached hydrogen (secondary N) is 1. The van der Waals surface area contributed by atoms with Gasteiger partial charge < -0.3 is 10.1 Å². The van der Waals surface area contributed by atoms with Crippen LogP contribution in [0.1, 0.15) is 17.4 Å². The first kappa shape index (κ1) is 11.3. The summed E-state index contributed by atoms with van der Waals surface area (Å²) in [4.78, 5) is 7.16. The highest BCUT2D eigenvalue weighted by atomic mass is 35.5. The predicted octanol–water partition coefficient (Wildman–Crippen LogP) is 3.30. The lowest BCUT2D eigenvalue weighted by atomic mass is 10.1. The molecular formula is C14H11ClN2O. The summed E-state index contributed by atoms with van der Waals surface area (Å²) in [6.07, 6.45) is 0.996. The van der Waals surface area contributed by atoms with Gasteiger partial charge in [0.2, 0.25) is 0 Å². The highest BCUT2D eigenvalue weighted by Crippen LogP contribution is 2.25. The van der Waals surface area contributed by atoms with Gasteiger partial charge >= 0.3 is 0 Å². The van der Waals surface area contributed by atoms with E-state index >= 15 is 0 Å². The third-order valence-corrected chi connectivity index (χ3v) is 3.11. The van der Waals surface area contributed by atoms with Gasteiger partial charge in [0, 0.05) is 11.1 Å². The molecule has 18 heavy (non-hydrogen) atoms. The molecule has 2 N–H and O–H groups in total. The van der Waals surface area contributed by atoms with E-state index in [1.54, 1.807) is 12.3 Å². The van der Waals surface area contributed by atoms with Crippen LogP contribution in [-0.4, -0.2) is 15.1 Å². The van der Waals surface area contributed by atoms with Crippen LogP contribution in [0.4, 0.5) is 0 Å². The molecule has 4 heteroatoms. The molecule has 3 nitrogen and oxygen atoms in total. The molecule has 0 aliphatic rings. The van der Waals surface area contributed by atoms with E-state index < -0.39 is 6.10 Å². The number of aliphatic hydroxyl groups excluding tert-OH is 1. The summed E-state index contributed by atoms with van der Waals surface area (Å²) in [6.45, 7) is 0. The van der Waals surface area contributed by atoms with Gasteiger partial charge in [-0.1, -0.05) is 41.9 Å². The average Bonchev–Trinajstić information content (AvgIpc) is 2.81. The molecule has 0 saturated heterocycles. The Labute approximate surface area is 109 Å². The maximum absolute atomic E-state index is 10.3. The van der Waals surface area contributed by atoms with Gasteiger partial charge in [-0.3, -0.25) is 0 Å². The van der Waals surface area contributed by atoms with Crippen molar-refractivity contribution in [3.8, 4) is 0 Å². The highest BCUT2D eigenvalue weighted by molar-refractivity contribution is 6.30. The van der Waals surface area contributed by atoms with Gasteiger partial charge in [0.1, 0.15) is 11.3 Å². The minimum Gasteiger partial charge on any atom is -0.382 e. The van der Waals surface area contributed by atoms with E-state index in [-0.39, 0.29) is 0 Å². The molecule has 90 valence electrons. The van der Waals surface area contributed by atoms with E-state index in [0.29, 0.717) is 5.15 Å². The number of nitrogens with zero attached hydrogens (tertiary/aromatic N) is 1. The molecule has 2 aromatic heterocycles. The van der Waals surface area contributed by atoms with E-state index in [0.717, 1.165) is 22.2 Å². The maximum atomic E-state index is 10.3. The fraction of sp³-hybridized carbons (Fsp3) is 0.0714. The average molecular weight is 259 g/mol. The van der Waals surface area contributed by atoms with Gasteiger partial charge in [0.15, 0.2) is 0 Å². The van der Waals surface area contributed by atoms with Crippen LogP contribution < -0.4 is 0 Å². The van der Waals surface area contributed by atoms with Crippen molar-refractivity contribution in [1.29, 1.82) is 0 Å². The second-order valence-electron chi connectivity index (χ2n) is 4.13. The highest BCUT2D eigenvalue weighted by Gasteiger charge is 2.12. The van der Waals surface area contributed by atoms with Crippen LogP contribution in [-0.2, 0) is 0 Å². The molecule has 0 aliphatic carbocycles. The second kappa shape index (κ2) is 4.44. The number of hydrogen-bond donors (Lipinski definition) is 2. The van der Waals surface area contributed by atoms with E-state index in [1.165, 1.54) is 0 Å². The standard InChI is InChI=1S/C14H11ClN2O/c15-13-7-10-6-11(17-12(10)8-16-13)14(18)9-4-2-1-3-5-9/h1-8,14,17-18H/t14-/m1/s1. The lowest BCUT2D eigenvalue weighted by Crippen LogP contribution is -1.99. The molecule has 1 aromatic carbocycles. The molecule has 1 atom stereocenters. The largest absolute Gasteiger partial charge is 0.382 e. The zero-order valence-electron chi connectivity index (χ0n) is 9.47. The third kappa shape index (κ3) is 1.98. The number of aromatic amines is 1. The molecule has 0 bridgehead atoms. The van der Waals surface area contributed by atoms with Gasteiger partial charge in [-0.2, -0.15) is 0 Å². The zero-order valence-corrected chi connectivity index (χ0v) is 10.2. The van der Waals surface area contributed by atoms with Crippen molar-refractivity contribution in [3.63, 3.8) is 0 Å². The van der Waals surface area contributed by atoms with Crippen molar-refractivity contribution in [2.24, 2.45) is 0 Å². The van der Waals surface area contributed by atoms with Gasteiger partial charge in [-0.15, -0.1) is 0 Å². The number of hydrogen-bond acceptors (Lipinski definition) is 2. The van der Waals surface area contributed by atoms with Crippen molar-refractivity contribution < 1.29 is 5.11 Å². The smallest absolute Gasteiger partial charge is 0.129 e. The summed E-state index contributed by atoms with van der Waals surface area (Å²) in [5, 5.41) is 11.7. The minimum atomic E-state index is -0.669. The van der Waals surface area contributed by atoms with Crippen LogP contribution in [0, 0.1) is 0 Å². The second-order valence-corrected chi connectivity index (χ2v) is 4.52. The Morgan fingerprint density at radius 1 is 1.17 bits per heavy atom. The summed E-state index contributed by atoms with van der Waals surface area (Å²) in [5.41, 5.74) is 2.45. The molecule has 0 spiro atoms. The van der Waals surface area contributed by atoms with Crippen LogP contribution >= 0.6 is 11.6 Å². The van der Waals surface area contributed by atoms with Crippen LogP contribution in [0.15, 0.2) is 48.7 Å². The fourth-order valence-corrected chi connectivity index (χ4v) is 2.16. The number of benzene rings is 1. The molecule has 0 radical (unpaired) electrons. The van der Waals surface area contributed by atoms with Crippen LogP contribution in [0.3, 0.4) is 0 Å². The number of H-pyrrole nitrogens is 1. The molecule has 0 saturated carbocycles. The summed E-state index contributed by atoms with van der Waals surface area (Å²) >= 11 is 5.84. The lowest BCUT2D eigenvalue weighted by molar-refractivity contribution is 0.216. The lowest BCUT2D eigenvalue weighted by Gasteiger charge is -2.08. The Morgan fingerprint density at radius 3 is 2.72 bits per heavy atom. The monoisotopic (exact) mass is 258 g/mol. The van der Waals surface area contributed by atoms with E-state index in [2.05, 4.69) is 9.97 Å². The topological polar surface area (TPSA) is 48.9 Å². The Bertz CT molecular complexity index is 679. The molecule has 3 rings (SSSR count). The number of fused-ring (bicyclic) bond motifs is 1. The SMILES string of the molecule is O[C@H](c1ccccc1)c1cc2cc(Cl)ncc2[nH]1. The van der Waals surface area contributed by atoms with E-state index in [4.69, 9.17) is 11.6 Å². The maximum Gasteiger partial charge on any atom is 0.129 e.